The molecule has 0 spiro atoms. The van der Waals surface area contributed by atoms with E-state index in [2.05, 4.69) is 27.5 Å². The highest BCUT2D eigenvalue weighted by molar-refractivity contribution is 5.57. The van der Waals surface area contributed by atoms with Crippen molar-refractivity contribution < 1.29 is 5.11 Å². The first-order valence-electron chi connectivity index (χ1n) is 7.04. The van der Waals surface area contributed by atoms with E-state index in [0.717, 1.165) is 42.4 Å². The van der Waals surface area contributed by atoms with Crippen LogP contribution in [0.25, 0.3) is 0 Å². The Hall–Kier alpha value is -1.36. The van der Waals surface area contributed by atoms with Crippen molar-refractivity contribution in [1.82, 2.24) is 9.97 Å². The molecule has 0 radical (unpaired) electrons. The van der Waals surface area contributed by atoms with E-state index in [1.54, 1.807) is 0 Å². The van der Waals surface area contributed by atoms with Crippen molar-refractivity contribution in [2.75, 3.05) is 30.8 Å². The maximum absolute atomic E-state index is 9.09. The van der Waals surface area contributed by atoms with Gasteiger partial charge in [-0.2, -0.15) is 0 Å². The minimum absolute atomic E-state index is 0.270. The Morgan fingerprint density at radius 1 is 1.26 bits per heavy atom. The molecule has 5 heteroatoms. The van der Waals surface area contributed by atoms with Crippen LogP contribution in [-0.2, 0) is 6.42 Å². The smallest absolute Gasteiger partial charge is 0.134 e. The molecular formula is C14H24N4O. The topological polar surface area (TPSA) is 70.1 Å². The van der Waals surface area contributed by atoms with Crippen molar-refractivity contribution in [2.45, 2.75) is 39.5 Å². The maximum Gasteiger partial charge on any atom is 0.134 e. The van der Waals surface area contributed by atoms with E-state index >= 15 is 0 Å². The number of anilines is 2. The van der Waals surface area contributed by atoms with E-state index in [9.17, 15) is 0 Å². The van der Waals surface area contributed by atoms with Crippen molar-refractivity contribution in [2.24, 2.45) is 5.41 Å². The molecule has 0 bridgehead atoms. The Morgan fingerprint density at radius 2 is 1.95 bits per heavy atom. The van der Waals surface area contributed by atoms with Crippen LogP contribution in [0.1, 0.15) is 37.6 Å². The molecule has 3 N–H and O–H groups in total. The lowest BCUT2D eigenvalue weighted by atomic mass is 10.0. The SMILES string of the molecule is CCc1nc(NC)c(C)c(NCC2(CCO)CC2)n1. The van der Waals surface area contributed by atoms with Gasteiger partial charge in [-0.1, -0.05) is 6.92 Å². The summed E-state index contributed by atoms with van der Waals surface area (Å²) >= 11 is 0. The van der Waals surface area contributed by atoms with E-state index in [0.29, 0.717) is 5.41 Å². The Kier molecular flexibility index (Phi) is 4.24. The van der Waals surface area contributed by atoms with Gasteiger partial charge in [0.05, 0.1) is 0 Å². The number of aliphatic hydroxyl groups is 1. The van der Waals surface area contributed by atoms with Crippen molar-refractivity contribution in [3.8, 4) is 0 Å². The second-order valence-electron chi connectivity index (χ2n) is 5.39. The van der Waals surface area contributed by atoms with Gasteiger partial charge in [-0.05, 0) is 31.6 Å². The van der Waals surface area contributed by atoms with Crippen molar-refractivity contribution in [3.63, 3.8) is 0 Å². The molecule has 19 heavy (non-hydrogen) atoms. The van der Waals surface area contributed by atoms with Gasteiger partial charge >= 0.3 is 0 Å². The summed E-state index contributed by atoms with van der Waals surface area (Å²) in [7, 11) is 1.88. The van der Waals surface area contributed by atoms with Gasteiger partial charge < -0.3 is 15.7 Å². The fraction of sp³-hybridized carbons (Fsp3) is 0.714. The number of rotatable bonds is 7. The molecule has 0 saturated heterocycles. The highest BCUT2D eigenvalue weighted by Gasteiger charge is 2.41. The molecule has 1 heterocycles. The molecule has 106 valence electrons. The minimum atomic E-state index is 0.270. The molecule has 0 aliphatic heterocycles. The molecular weight excluding hydrogens is 240 g/mol. The summed E-state index contributed by atoms with van der Waals surface area (Å²) in [5, 5.41) is 15.7. The first kappa shape index (κ1) is 14.1. The van der Waals surface area contributed by atoms with Gasteiger partial charge in [-0.25, -0.2) is 9.97 Å². The molecule has 1 fully saturated rings. The Balaban J connectivity index is 2.11. The first-order chi connectivity index (χ1) is 9.14. The van der Waals surface area contributed by atoms with Crippen LogP contribution in [-0.4, -0.2) is 35.3 Å². The van der Waals surface area contributed by atoms with Gasteiger partial charge in [0, 0.05) is 32.2 Å². The summed E-state index contributed by atoms with van der Waals surface area (Å²) in [6, 6.07) is 0. The molecule has 1 aliphatic carbocycles. The third-order valence-corrected chi connectivity index (χ3v) is 3.98. The van der Waals surface area contributed by atoms with E-state index in [1.165, 1.54) is 12.8 Å². The standard InChI is InChI=1S/C14H24N4O/c1-4-11-17-12(15-3)10(2)13(18-11)16-9-14(5-6-14)7-8-19/h19H,4-9H2,1-3H3,(H2,15,16,17,18). The van der Waals surface area contributed by atoms with Crippen LogP contribution >= 0.6 is 0 Å². The Labute approximate surface area is 114 Å². The Morgan fingerprint density at radius 3 is 2.47 bits per heavy atom. The molecule has 1 saturated carbocycles. The number of hydrogen-bond acceptors (Lipinski definition) is 5. The van der Waals surface area contributed by atoms with Crippen LogP contribution in [0.15, 0.2) is 0 Å². The van der Waals surface area contributed by atoms with Crippen LogP contribution < -0.4 is 10.6 Å². The zero-order valence-corrected chi connectivity index (χ0v) is 12.1. The summed E-state index contributed by atoms with van der Waals surface area (Å²) in [6.45, 7) is 5.24. The molecule has 5 nitrogen and oxygen atoms in total. The lowest BCUT2D eigenvalue weighted by molar-refractivity contribution is 0.253. The van der Waals surface area contributed by atoms with Gasteiger partial charge in [-0.15, -0.1) is 0 Å². The normalized spacial score (nSPS) is 16.2. The average Bonchev–Trinajstić information content (AvgIpc) is 3.18. The van der Waals surface area contributed by atoms with E-state index in [1.807, 2.05) is 14.0 Å². The van der Waals surface area contributed by atoms with Gasteiger partial charge in [-0.3, -0.25) is 0 Å². The highest BCUT2D eigenvalue weighted by Crippen LogP contribution is 2.48. The van der Waals surface area contributed by atoms with E-state index < -0.39 is 0 Å². The van der Waals surface area contributed by atoms with Gasteiger partial charge in [0.25, 0.3) is 0 Å². The van der Waals surface area contributed by atoms with Crippen molar-refractivity contribution in [3.05, 3.63) is 11.4 Å². The van der Waals surface area contributed by atoms with Crippen LogP contribution in [0.5, 0.6) is 0 Å². The summed E-state index contributed by atoms with van der Waals surface area (Å²) in [5.74, 6) is 2.66. The van der Waals surface area contributed by atoms with E-state index in [4.69, 9.17) is 5.11 Å². The maximum atomic E-state index is 9.09. The first-order valence-corrected chi connectivity index (χ1v) is 7.04. The molecule has 0 amide bonds. The fourth-order valence-corrected chi connectivity index (χ4v) is 2.34. The summed E-state index contributed by atoms with van der Waals surface area (Å²) < 4.78 is 0. The predicted molar refractivity (Wildman–Crippen MR) is 77.6 cm³/mol. The zero-order valence-electron chi connectivity index (χ0n) is 12.1. The number of hydrogen-bond donors (Lipinski definition) is 3. The highest BCUT2D eigenvalue weighted by atomic mass is 16.3. The fourth-order valence-electron chi connectivity index (χ4n) is 2.34. The van der Waals surface area contributed by atoms with E-state index in [-0.39, 0.29) is 6.61 Å². The molecule has 0 aromatic carbocycles. The number of aryl methyl sites for hydroxylation is 1. The van der Waals surface area contributed by atoms with Crippen LogP contribution in [0.3, 0.4) is 0 Å². The van der Waals surface area contributed by atoms with Crippen molar-refractivity contribution in [1.29, 1.82) is 0 Å². The monoisotopic (exact) mass is 264 g/mol. The summed E-state index contributed by atoms with van der Waals surface area (Å²) in [5.41, 5.74) is 1.35. The minimum Gasteiger partial charge on any atom is -0.396 e. The lowest BCUT2D eigenvalue weighted by Crippen LogP contribution is -2.19. The lowest BCUT2D eigenvalue weighted by Gasteiger charge is -2.18. The average molecular weight is 264 g/mol. The second kappa shape index (κ2) is 5.74. The Bertz CT molecular complexity index is 443. The zero-order chi connectivity index (χ0) is 13.9. The number of aromatic nitrogens is 2. The third kappa shape index (κ3) is 3.15. The number of nitrogens with zero attached hydrogens (tertiary/aromatic N) is 2. The molecule has 1 aliphatic rings. The van der Waals surface area contributed by atoms with Crippen molar-refractivity contribution >= 4 is 11.6 Å². The molecule has 1 aromatic heterocycles. The molecule has 1 aromatic rings. The quantitative estimate of drug-likeness (QED) is 0.702. The van der Waals surface area contributed by atoms with Gasteiger partial charge in [0.2, 0.25) is 0 Å². The molecule has 0 atom stereocenters. The molecule has 2 rings (SSSR count). The predicted octanol–water partition coefficient (Wildman–Crippen LogP) is 1.96. The van der Waals surface area contributed by atoms with Crippen LogP contribution in [0, 0.1) is 12.3 Å². The van der Waals surface area contributed by atoms with Gasteiger partial charge in [0.15, 0.2) is 0 Å². The van der Waals surface area contributed by atoms with Gasteiger partial charge in [0.1, 0.15) is 17.5 Å². The number of aliphatic hydroxyl groups excluding tert-OH is 1. The second-order valence-corrected chi connectivity index (χ2v) is 5.39. The number of nitrogens with one attached hydrogen (secondary N) is 2. The van der Waals surface area contributed by atoms with Crippen LogP contribution in [0.4, 0.5) is 11.6 Å². The largest absolute Gasteiger partial charge is 0.396 e. The summed E-state index contributed by atoms with van der Waals surface area (Å²) in [4.78, 5) is 9.03. The molecule has 0 unspecified atom stereocenters. The third-order valence-electron chi connectivity index (χ3n) is 3.98. The van der Waals surface area contributed by atoms with Crippen LogP contribution in [0.2, 0.25) is 0 Å². The summed E-state index contributed by atoms with van der Waals surface area (Å²) in [6.07, 6.45) is 4.10.